The molecule has 20 heavy (non-hydrogen) atoms. The third kappa shape index (κ3) is 4.69. The first kappa shape index (κ1) is 16.8. The van der Waals surface area contributed by atoms with Crippen LogP contribution in [0.1, 0.15) is 53.4 Å². The molecule has 0 atom stereocenters. The lowest BCUT2D eigenvalue weighted by Crippen LogP contribution is -2.54. The Balaban J connectivity index is 2.66. The van der Waals surface area contributed by atoms with Crippen molar-refractivity contribution in [2.24, 2.45) is 5.92 Å². The SMILES string of the molecule is CCC1CCN(C(=O)N(CCC(=O)O)C(C)(C)C)CC1. The molecule has 1 saturated heterocycles. The van der Waals surface area contributed by atoms with Crippen molar-refractivity contribution in [3.05, 3.63) is 0 Å². The first-order chi connectivity index (χ1) is 9.25. The van der Waals surface area contributed by atoms with E-state index in [1.807, 2.05) is 25.7 Å². The highest BCUT2D eigenvalue weighted by Gasteiger charge is 2.32. The summed E-state index contributed by atoms with van der Waals surface area (Å²) >= 11 is 0. The van der Waals surface area contributed by atoms with Crippen LogP contribution in [0.3, 0.4) is 0 Å². The topological polar surface area (TPSA) is 60.9 Å². The van der Waals surface area contributed by atoms with Crippen molar-refractivity contribution in [1.82, 2.24) is 9.80 Å². The van der Waals surface area contributed by atoms with Crippen molar-refractivity contribution in [3.63, 3.8) is 0 Å². The number of carboxylic acids is 1. The molecule has 1 aliphatic rings. The lowest BCUT2D eigenvalue weighted by Gasteiger charge is -2.41. The summed E-state index contributed by atoms with van der Waals surface area (Å²) in [6.07, 6.45) is 3.27. The maximum atomic E-state index is 12.6. The number of nitrogens with zero attached hydrogens (tertiary/aromatic N) is 2. The van der Waals surface area contributed by atoms with Crippen LogP contribution >= 0.6 is 0 Å². The van der Waals surface area contributed by atoms with E-state index in [2.05, 4.69) is 6.92 Å². The maximum Gasteiger partial charge on any atom is 0.320 e. The maximum absolute atomic E-state index is 12.6. The normalized spacial score (nSPS) is 17.1. The number of hydrogen-bond donors (Lipinski definition) is 1. The molecule has 0 saturated carbocycles. The van der Waals surface area contributed by atoms with E-state index < -0.39 is 5.97 Å². The predicted molar refractivity (Wildman–Crippen MR) is 78.7 cm³/mol. The Morgan fingerprint density at radius 3 is 2.20 bits per heavy atom. The van der Waals surface area contributed by atoms with Crippen molar-refractivity contribution in [1.29, 1.82) is 0 Å². The van der Waals surface area contributed by atoms with E-state index in [9.17, 15) is 9.59 Å². The molecule has 5 heteroatoms. The number of piperidine rings is 1. The van der Waals surface area contributed by atoms with Gasteiger partial charge in [-0.1, -0.05) is 13.3 Å². The molecule has 0 bridgehead atoms. The number of urea groups is 1. The number of likely N-dealkylation sites (tertiary alicyclic amines) is 1. The highest BCUT2D eigenvalue weighted by molar-refractivity contribution is 5.76. The van der Waals surface area contributed by atoms with Crippen molar-refractivity contribution >= 4 is 12.0 Å². The van der Waals surface area contributed by atoms with Gasteiger partial charge in [0, 0.05) is 25.2 Å². The molecule has 0 spiro atoms. The van der Waals surface area contributed by atoms with Crippen LogP contribution in [0.2, 0.25) is 0 Å². The zero-order chi connectivity index (χ0) is 15.3. The van der Waals surface area contributed by atoms with E-state index in [1.54, 1.807) is 4.90 Å². The van der Waals surface area contributed by atoms with Crippen LogP contribution in [0, 0.1) is 5.92 Å². The Labute approximate surface area is 121 Å². The number of aliphatic carboxylic acids is 1. The van der Waals surface area contributed by atoms with E-state index in [0.717, 1.165) is 31.8 Å². The van der Waals surface area contributed by atoms with Gasteiger partial charge < -0.3 is 14.9 Å². The minimum absolute atomic E-state index is 0.00552. The largest absolute Gasteiger partial charge is 0.481 e. The summed E-state index contributed by atoms with van der Waals surface area (Å²) in [6, 6.07) is -0.0201. The smallest absolute Gasteiger partial charge is 0.320 e. The lowest BCUT2D eigenvalue weighted by atomic mass is 9.94. The van der Waals surface area contributed by atoms with Gasteiger partial charge >= 0.3 is 12.0 Å². The van der Waals surface area contributed by atoms with Gasteiger partial charge in [-0.25, -0.2) is 4.79 Å². The summed E-state index contributed by atoms with van der Waals surface area (Å²) in [5, 5.41) is 8.84. The summed E-state index contributed by atoms with van der Waals surface area (Å²) in [6.45, 7) is 9.89. The van der Waals surface area contributed by atoms with Crippen molar-refractivity contribution < 1.29 is 14.7 Å². The second kappa shape index (κ2) is 6.95. The number of carbonyl (C=O) groups is 2. The van der Waals surface area contributed by atoms with Gasteiger partial charge in [0.15, 0.2) is 0 Å². The molecule has 0 aliphatic carbocycles. The third-order valence-electron chi connectivity index (χ3n) is 4.05. The standard InChI is InChI=1S/C15H28N2O3/c1-5-12-6-9-16(10-7-12)14(20)17(15(2,3)4)11-8-13(18)19/h12H,5-11H2,1-4H3,(H,18,19). The fraction of sp³-hybridized carbons (Fsp3) is 0.867. The summed E-state index contributed by atoms with van der Waals surface area (Å²) in [5.74, 6) is -0.141. The van der Waals surface area contributed by atoms with E-state index >= 15 is 0 Å². The van der Waals surface area contributed by atoms with Gasteiger partial charge in [0.05, 0.1) is 6.42 Å². The molecule has 1 fully saturated rings. The molecule has 1 aliphatic heterocycles. The molecule has 0 unspecified atom stereocenters. The molecule has 5 nitrogen and oxygen atoms in total. The molecule has 116 valence electrons. The van der Waals surface area contributed by atoms with Crippen LogP contribution in [0.25, 0.3) is 0 Å². The molecule has 1 heterocycles. The number of carbonyl (C=O) groups excluding carboxylic acids is 1. The predicted octanol–water partition coefficient (Wildman–Crippen LogP) is 2.80. The summed E-state index contributed by atoms with van der Waals surface area (Å²) in [7, 11) is 0. The quantitative estimate of drug-likeness (QED) is 0.863. The second-order valence-electron chi connectivity index (χ2n) is 6.59. The number of hydrogen-bond acceptors (Lipinski definition) is 2. The first-order valence-corrected chi connectivity index (χ1v) is 7.54. The van der Waals surface area contributed by atoms with Crippen LogP contribution in [-0.2, 0) is 4.79 Å². The van der Waals surface area contributed by atoms with E-state index in [1.165, 1.54) is 6.42 Å². The molecule has 0 aromatic carbocycles. The molecule has 0 radical (unpaired) electrons. The Hall–Kier alpha value is -1.26. The molecule has 0 aromatic rings. The first-order valence-electron chi connectivity index (χ1n) is 7.54. The number of carboxylic acid groups (broad SMARTS) is 1. The Kier molecular flexibility index (Phi) is 5.84. The monoisotopic (exact) mass is 284 g/mol. The molecule has 0 aromatic heterocycles. The summed E-state index contributed by atoms with van der Waals surface area (Å²) in [4.78, 5) is 26.9. The van der Waals surface area contributed by atoms with Gasteiger partial charge in [-0.15, -0.1) is 0 Å². The van der Waals surface area contributed by atoms with E-state index in [-0.39, 0.29) is 24.5 Å². The molecule has 1 N–H and O–H groups in total. The van der Waals surface area contributed by atoms with Crippen LogP contribution in [0.5, 0.6) is 0 Å². The van der Waals surface area contributed by atoms with Gasteiger partial charge in [-0.2, -0.15) is 0 Å². The fourth-order valence-electron chi connectivity index (χ4n) is 2.63. The lowest BCUT2D eigenvalue weighted by molar-refractivity contribution is -0.137. The Morgan fingerprint density at radius 2 is 1.80 bits per heavy atom. The van der Waals surface area contributed by atoms with E-state index in [0.29, 0.717) is 0 Å². The summed E-state index contributed by atoms with van der Waals surface area (Å²) < 4.78 is 0. The Morgan fingerprint density at radius 1 is 1.25 bits per heavy atom. The third-order valence-corrected chi connectivity index (χ3v) is 4.05. The second-order valence-corrected chi connectivity index (χ2v) is 6.59. The van der Waals surface area contributed by atoms with E-state index in [4.69, 9.17) is 5.11 Å². The average Bonchev–Trinajstić information content (AvgIpc) is 2.37. The number of rotatable bonds is 4. The van der Waals surface area contributed by atoms with Crippen molar-refractivity contribution in [2.75, 3.05) is 19.6 Å². The van der Waals surface area contributed by atoms with Crippen LogP contribution in [0.15, 0.2) is 0 Å². The van der Waals surface area contributed by atoms with Gasteiger partial charge in [0.25, 0.3) is 0 Å². The highest BCUT2D eigenvalue weighted by atomic mass is 16.4. The average molecular weight is 284 g/mol. The molecule has 2 amide bonds. The Bertz CT molecular complexity index is 342. The van der Waals surface area contributed by atoms with Crippen molar-refractivity contribution in [3.8, 4) is 0 Å². The molecular formula is C15H28N2O3. The summed E-state index contributed by atoms with van der Waals surface area (Å²) in [5.41, 5.74) is -0.353. The zero-order valence-corrected chi connectivity index (χ0v) is 13.2. The zero-order valence-electron chi connectivity index (χ0n) is 13.2. The fourth-order valence-corrected chi connectivity index (χ4v) is 2.63. The van der Waals surface area contributed by atoms with Gasteiger partial charge in [0.2, 0.25) is 0 Å². The van der Waals surface area contributed by atoms with Crippen LogP contribution in [0.4, 0.5) is 4.79 Å². The van der Waals surface area contributed by atoms with Gasteiger partial charge in [-0.3, -0.25) is 4.79 Å². The van der Waals surface area contributed by atoms with Crippen molar-refractivity contribution in [2.45, 2.75) is 58.9 Å². The van der Waals surface area contributed by atoms with Gasteiger partial charge in [0.1, 0.15) is 0 Å². The molecular weight excluding hydrogens is 256 g/mol. The van der Waals surface area contributed by atoms with Gasteiger partial charge in [-0.05, 0) is 39.5 Å². The highest BCUT2D eigenvalue weighted by Crippen LogP contribution is 2.23. The minimum atomic E-state index is -0.864. The minimum Gasteiger partial charge on any atom is -0.481 e. The number of amides is 2. The van der Waals surface area contributed by atoms with Crippen LogP contribution < -0.4 is 0 Å². The molecule has 1 rings (SSSR count). The van der Waals surface area contributed by atoms with Crippen LogP contribution in [-0.4, -0.2) is 52.1 Å².